The quantitative estimate of drug-likeness (QED) is 0.414. The lowest BCUT2D eigenvalue weighted by molar-refractivity contribution is -0.138. The molecule has 184 valence electrons. The third-order valence-corrected chi connectivity index (χ3v) is 10.5. The van der Waals surface area contributed by atoms with Crippen LogP contribution in [0.15, 0.2) is 11.6 Å². The summed E-state index contributed by atoms with van der Waals surface area (Å²) >= 11 is 0. The third kappa shape index (κ3) is 3.80. The Hall–Kier alpha value is -0.460. The Morgan fingerprint density at radius 2 is 1.72 bits per heavy atom. The fourth-order valence-electron chi connectivity index (χ4n) is 8.75. The molecule has 0 radical (unpaired) electrons. The van der Waals surface area contributed by atoms with Gasteiger partial charge < -0.3 is 25.5 Å². The molecule has 0 aromatic heterocycles. The normalized spacial score (nSPS) is 49.0. The third-order valence-electron chi connectivity index (χ3n) is 10.5. The zero-order valence-corrected chi connectivity index (χ0v) is 20.6. The maximum Gasteiger partial charge on any atom is 0.0594 e. The van der Waals surface area contributed by atoms with Gasteiger partial charge in [0, 0.05) is 0 Å². The largest absolute Gasteiger partial charge is 0.393 e. The Bertz CT molecular complexity index is 721. The molecule has 5 nitrogen and oxygen atoms in total. The fourth-order valence-corrected chi connectivity index (χ4v) is 8.75. The van der Waals surface area contributed by atoms with Crippen LogP contribution in [0.25, 0.3) is 0 Å². The molecule has 4 rings (SSSR count). The Balaban J connectivity index is 1.60. The van der Waals surface area contributed by atoms with Crippen LogP contribution in [0, 0.1) is 46.3 Å². The summed E-state index contributed by atoms with van der Waals surface area (Å²) in [5, 5.41) is 54.3. The lowest BCUT2D eigenvalue weighted by atomic mass is 9.46. The van der Waals surface area contributed by atoms with Crippen molar-refractivity contribution >= 4 is 0 Å². The molecule has 0 bridgehead atoms. The first-order chi connectivity index (χ1) is 14.9. The Morgan fingerprint density at radius 3 is 2.38 bits per heavy atom. The van der Waals surface area contributed by atoms with E-state index in [4.69, 9.17) is 0 Å². The van der Waals surface area contributed by atoms with E-state index < -0.39 is 24.4 Å². The van der Waals surface area contributed by atoms with Gasteiger partial charge in [0.15, 0.2) is 0 Å². The molecule has 5 N–H and O–H groups in total. The van der Waals surface area contributed by atoms with Crippen molar-refractivity contribution in [1.29, 1.82) is 0 Å². The van der Waals surface area contributed by atoms with Gasteiger partial charge >= 0.3 is 0 Å². The molecule has 3 saturated carbocycles. The Morgan fingerprint density at radius 1 is 1.03 bits per heavy atom. The van der Waals surface area contributed by atoms with E-state index in [2.05, 4.69) is 19.9 Å². The summed E-state index contributed by atoms with van der Waals surface area (Å²) in [6.07, 6.45) is 4.92. The van der Waals surface area contributed by atoms with Crippen molar-refractivity contribution in [2.45, 2.75) is 110 Å². The summed E-state index contributed by atoms with van der Waals surface area (Å²) in [5.41, 5.74) is 1.01. The smallest absolute Gasteiger partial charge is 0.0594 e. The maximum atomic E-state index is 11.6. The van der Waals surface area contributed by atoms with Crippen LogP contribution >= 0.6 is 0 Å². The average Bonchev–Trinajstić information content (AvgIpc) is 2.97. The molecule has 3 fully saturated rings. The van der Waals surface area contributed by atoms with Gasteiger partial charge in [0.25, 0.3) is 0 Å². The summed E-state index contributed by atoms with van der Waals surface area (Å²) in [6, 6.07) is 0. The summed E-state index contributed by atoms with van der Waals surface area (Å²) in [4.78, 5) is 0. The number of rotatable bonds is 5. The van der Waals surface area contributed by atoms with E-state index in [-0.39, 0.29) is 40.6 Å². The fraction of sp³-hybridized carbons (Fsp3) is 0.926. The van der Waals surface area contributed by atoms with Gasteiger partial charge in [-0.1, -0.05) is 46.3 Å². The van der Waals surface area contributed by atoms with E-state index in [0.717, 1.165) is 32.1 Å². The lowest BCUT2D eigenvalue weighted by Gasteiger charge is -2.60. The first-order valence-electron chi connectivity index (χ1n) is 13.0. The zero-order valence-electron chi connectivity index (χ0n) is 20.6. The molecule has 0 spiro atoms. The molecular formula is C27H46O5. The molecule has 4 aliphatic carbocycles. The molecule has 0 amide bonds. The molecule has 0 aliphatic heterocycles. The number of allylic oxidation sites excluding steroid dienone is 1. The highest BCUT2D eigenvalue weighted by atomic mass is 16.3. The van der Waals surface area contributed by atoms with Gasteiger partial charge in [-0.05, 0) is 91.3 Å². The van der Waals surface area contributed by atoms with Crippen molar-refractivity contribution in [2.75, 3.05) is 0 Å². The number of hydrogen-bond donors (Lipinski definition) is 5. The van der Waals surface area contributed by atoms with E-state index >= 15 is 0 Å². The molecule has 4 aliphatic rings. The second-order valence-electron chi connectivity index (χ2n) is 12.7. The minimum atomic E-state index is -0.673. The average molecular weight is 451 g/mol. The van der Waals surface area contributed by atoms with E-state index in [1.165, 1.54) is 5.57 Å². The summed E-state index contributed by atoms with van der Waals surface area (Å²) in [6.45, 7) is 10.4. The van der Waals surface area contributed by atoms with Gasteiger partial charge in [0.2, 0.25) is 0 Å². The van der Waals surface area contributed by atoms with Crippen LogP contribution in [-0.4, -0.2) is 56.1 Å². The molecule has 0 aromatic carbocycles. The first kappa shape index (κ1) is 24.7. The SMILES string of the molecule is CC(C)C(O)CC(O)[C@@H](C)[C@H]1[C@@H](O)C[C@H]2[C@@H]3CC=C4C[C@@H](O)CC[C@]4(C)[C@H]3[C@H](O)C[C@]12C. The van der Waals surface area contributed by atoms with Crippen molar-refractivity contribution in [1.82, 2.24) is 0 Å². The summed E-state index contributed by atoms with van der Waals surface area (Å²) in [7, 11) is 0. The number of aliphatic hydroxyl groups excluding tert-OH is 5. The Labute approximate surface area is 193 Å². The summed E-state index contributed by atoms with van der Waals surface area (Å²) in [5.74, 6) is 0.641. The van der Waals surface area contributed by atoms with Gasteiger partial charge in [-0.3, -0.25) is 0 Å². The molecule has 5 heteroatoms. The minimum Gasteiger partial charge on any atom is -0.393 e. The van der Waals surface area contributed by atoms with Crippen molar-refractivity contribution < 1.29 is 25.5 Å². The van der Waals surface area contributed by atoms with E-state index in [0.29, 0.717) is 24.7 Å². The molecule has 2 unspecified atom stereocenters. The van der Waals surface area contributed by atoms with Crippen LogP contribution in [-0.2, 0) is 0 Å². The van der Waals surface area contributed by atoms with Gasteiger partial charge in [-0.2, -0.15) is 0 Å². The topological polar surface area (TPSA) is 101 Å². The van der Waals surface area contributed by atoms with Crippen LogP contribution in [0.1, 0.15) is 79.6 Å². The van der Waals surface area contributed by atoms with Crippen LogP contribution in [0.5, 0.6) is 0 Å². The van der Waals surface area contributed by atoms with Crippen molar-refractivity contribution in [3.63, 3.8) is 0 Å². The Kier molecular flexibility index (Phi) is 6.66. The standard InChI is InChI=1S/C27H46O5/c1-14(2)20(29)12-21(30)15(3)24-22(31)11-19-18-7-6-16-10-17(28)8-9-26(16,4)25(18)23(32)13-27(19,24)5/h6,14-15,17-25,28-32H,7-13H2,1-5H3/t15-,17+,18+,19+,20?,21?,22+,23-,24+,25-,26+,27+/m1/s1. The number of aliphatic hydroxyl groups is 5. The molecule has 32 heavy (non-hydrogen) atoms. The first-order valence-corrected chi connectivity index (χ1v) is 13.0. The van der Waals surface area contributed by atoms with Crippen LogP contribution in [0.3, 0.4) is 0 Å². The van der Waals surface area contributed by atoms with Gasteiger partial charge in [0.05, 0.1) is 30.5 Å². The monoisotopic (exact) mass is 450 g/mol. The van der Waals surface area contributed by atoms with Crippen LogP contribution in [0.4, 0.5) is 0 Å². The highest BCUT2D eigenvalue weighted by Gasteiger charge is 2.64. The zero-order chi connectivity index (χ0) is 23.6. The van der Waals surface area contributed by atoms with E-state index in [9.17, 15) is 25.5 Å². The van der Waals surface area contributed by atoms with Crippen LogP contribution < -0.4 is 0 Å². The predicted molar refractivity (Wildman–Crippen MR) is 125 cm³/mol. The predicted octanol–water partition coefficient (Wildman–Crippen LogP) is 3.27. The molecule has 0 heterocycles. The van der Waals surface area contributed by atoms with Gasteiger partial charge in [-0.15, -0.1) is 0 Å². The van der Waals surface area contributed by atoms with E-state index in [1.54, 1.807) is 0 Å². The van der Waals surface area contributed by atoms with E-state index in [1.807, 2.05) is 20.8 Å². The molecule has 12 atom stereocenters. The minimum absolute atomic E-state index is 0.0710. The molecular weight excluding hydrogens is 404 g/mol. The van der Waals surface area contributed by atoms with Crippen LogP contribution in [0.2, 0.25) is 0 Å². The maximum absolute atomic E-state index is 11.6. The highest BCUT2D eigenvalue weighted by molar-refractivity contribution is 5.27. The second-order valence-corrected chi connectivity index (χ2v) is 12.7. The molecule has 0 aromatic rings. The van der Waals surface area contributed by atoms with Gasteiger partial charge in [-0.25, -0.2) is 0 Å². The molecule has 0 saturated heterocycles. The number of hydrogen-bond acceptors (Lipinski definition) is 5. The van der Waals surface area contributed by atoms with Crippen molar-refractivity contribution in [2.24, 2.45) is 46.3 Å². The second kappa shape index (κ2) is 8.64. The highest BCUT2D eigenvalue weighted by Crippen LogP contribution is 2.67. The number of fused-ring (bicyclic) bond motifs is 5. The lowest BCUT2D eigenvalue weighted by Crippen LogP contribution is -2.57. The van der Waals surface area contributed by atoms with Crippen molar-refractivity contribution in [3.8, 4) is 0 Å². The summed E-state index contributed by atoms with van der Waals surface area (Å²) < 4.78 is 0. The van der Waals surface area contributed by atoms with Gasteiger partial charge in [0.1, 0.15) is 0 Å². The van der Waals surface area contributed by atoms with Crippen molar-refractivity contribution in [3.05, 3.63) is 11.6 Å².